The minimum Gasteiger partial charge on any atom is -0.336 e. The van der Waals surface area contributed by atoms with E-state index in [-0.39, 0.29) is 11.9 Å². The van der Waals surface area contributed by atoms with Crippen molar-refractivity contribution in [1.29, 1.82) is 0 Å². The summed E-state index contributed by atoms with van der Waals surface area (Å²) in [5.74, 6) is 0.398. The van der Waals surface area contributed by atoms with Gasteiger partial charge in [-0.1, -0.05) is 13.8 Å². The molecule has 5 heteroatoms. The zero-order valence-corrected chi connectivity index (χ0v) is 11.4. The average molecular weight is 250 g/mol. The molecule has 1 saturated heterocycles. The number of hydrogen-bond donors (Lipinski definition) is 1. The van der Waals surface area contributed by atoms with Crippen molar-refractivity contribution in [2.24, 2.45) is 5.73 Å². The zero-order chi connectivity index (χ0) is 13.3. The van der Waals surface area contributed by atoms with Crippen LogP contribution in [0.3, 0.4) is 0 Å². The van der Waals surface area contributed by atoms with Crippen LogP contribution in [0.4, 0.5) is 0 Å². The highest BCUT2D eigenvalue weighted by Crippen LogP contribution is 2.18. The maximum atomic E-state index is 12.4. The smallest absolute Gasteiger partial charge is 0.272 e. The van der Waals surface area contributed by atoms with Gasteiger partial charge in [-0.25, -0.2) is 0 Å². The Bertz CT molecular complexity index is 438. The van der Waals surface area contributed by atoms with Gasteiger partial charge in [0.2, 0.25) is 0 Å². The van der Waals surface area contributed by atoms with E-state index in [4.69, 9.17) is 5.73 Å². The fourth-order valence-electron chi connectivity index (χ4n) is 2.27. The molecular formula is C13H22N4O. The number of carbonyl (C=O) groups is 1. The van der Waals surface area contributed by atoms with Crippen LogP contribution in [0.15, 0.2) is 6.07 Å². The number of amides is 1. The van der Waals surface area contributed by atoms with E-state index in [2.05, 4.69) is 18.9 Å². The zero-order valence-electron chi connectivity index (χ0n) is 11.4. The Kier molecular flexibility index (Phi) is 3.71. The number of nitrogens with zero attached hydrogens (tertiary/aromatic N) is 3. The Balaban J connectivity index is 2.23. The predicted molar refractivity (Wildman–Crippen MR) is 70.5 cm³/mol. The van der Waals surface area contributed by atoms with Gasteiger partial charge >= 0.3 is 0 Å². The van der Waals surface area contributed by atoms with Crippen LogP contribution in [0.2, 0.25) is 0 Å². The summed E-state index contributed by atoms with van der Waals surface area (Å²) in [4.78, 5) is 14.2. The summed E-state index contributed by atoms with van der Waals surface area (Å²) >= 11 is 0. The van der Waals surface area contributed by atoms with Crippen LogP contribution in [-0.4, -0.2) is 39.7 Å². The highest BCUT2D eigenvalue weighted by atomic mass is 16.2. The van der Waals surface area contributed by atoms with E-state index in [1.165, 1.54) is 0 Å². The van der Waals surface area contributed by atoms with Crippen LogP contribution in [0.1, 0.15) is 49.3 Å². The normalized spacial score (nSPS) is 19.8. The third-order valence-electron chi connectivity index (χ3n) is 3.42. The minimum atomic E-state index is 0.0594. The quantitative estimate of drug-likeness (QED) is 0.876. The van der Waals surface area contributed by atoms with Crippen LogP contribution >= 0.6 is 0 Å². The molecule has 1 unspecified atom stereocenters. The van der Waals surface area contributed by atoms with E-state index in [0.717, 1.165) is 18.7 Å². The number of nitrogens with two attached hydrogens (primary N) is 1. The second-order valence-electron chi connectivity index (χ2n) is 5.22. The van der Waals surface area contributed by atoms with Crippen molar-refractivity contribution in [1.82, 2.24) is 14.7 Å². The van der Waals surface area contributed by atoms with Crippen LogP contribution in [0.5, 0.6) is 0 Å². The van der Waals surface area contributed by atoms with Crippen LogP contribution in [0, 0.1) is 0 Å². The fourth-order valence-corrected chi connectivity index (χ4v) is 2.27. The summed E-state index contributed by atoms with van der Waals surface area (Å²) in [7, 11) is 0. The van der Waals surface area contributed by atoms with Gasteiger partial charge < -0.3 is 10.6 Å². The van der Waals surface area contributed by atoms with Crippen molar-refractivity contribution in [2.75, 3.05) is 13.1 Å². The van der Waals surface area contributed by atoms with Gasteiger partial charge in [0.15, 0.2) is 0 Å². The highest BCUT2D eigenvalue weighted by molar-refractivity contribution is 5.93. The Morgan fingerprint density at radius 3 is 2.83 bits per heavy atom. The van der Waals surface area contributed by atoms with Gasteiger partial charge in [-0.2, -0.15) is 5.10 Å². The van der Waals surface area contributed by atoms with Gasteiger partial charge in [-0.05, 0) is 25.3 Å². The van der Waals surface area contributed by atoms with Crippen molar-refractivity contribution >= 4 is 5.91 Å². The van der Waals surface area contributed by atoms with Gasteiger partial charge in [-0.3, -0.25) is 9.48 Å². The molecule has 100 valence electrons. The number of hydrogen-bond acceptors (Lipinski definition) is 3. The largest absolute Gasteiger partial charge is 0.336 e. The predicted octanol–water partition coefficient (Wildman–Crippen LogP) is 1.20. The molecular weight excluding hydrogens is 228 g/mol. The van der Waals surface area contributed by atoms with Crippen LogP contribution in [0.25, 0.3) is 0 Å². The molecule has 0 saturated carbocycles. The number of rotatable bonds is 3. The van der Waals surface area contributed by atoms with Gasteiger partial charge in [0, 0.05) is 25.7 Å². The lowest BCUT2D eigenvalue weighted by Crippen LogP contribution is -2.33. The van der Waals surface area contributed by atoms with Crippen molar-refractivity contribution in [3.05, 3.63) is 17.5 Å². The monoisotopic (exact) mass is 250 g/mol. The lowest BCUT2D eigenvalue weighted by atomic mass is 10.1. The van der Waals surface area contributed by atoms with Gasteiger partial charge in [0.05, 0.1) is 5.69 Å². The third kappa shape index (κ3) is 2.41. The molecule has 0 aromatic carbocycles. The van der Waals surface area contributed by atoms with E-state index in [9.17, 15) is 4.79 Å². The molecule has 1 fully saturated rings. The van der Waals surface area contributed by atoms with Crippen molar-refractivity contribution in [3.63, 3.8) is 0 Å². The van der Waals surface area contributed by atoms with E-state index >= 15 is 0 Å². The molecule has 1 aromatic heterocycles. The maximum absolute atomic E-state index is 12.4. The first-order chi connectivity index (χ1) is 8.52. The summed E-state index contributed by atoms with van der Waals surface area (Å²) in [5.41, 5.74) is 7.51. The number of likely N-dealkylation sites (tertiary alicyclic amines) is 1. The first kappa shape index (κ1) is 13.1. The molecule has 0 aliphatic carbocycles. The van der Waals surface area contributed by atoms with Gasteiger partial charge in [-0.15, -0.1) is 0 Å². The van der Waals surface area contributed by atoms with Gasteiger partial charge in [0.25, 0.3) is 5.91 Å². The van der Waals surface area contributed by atoms with E-state index in [1.807, 2.05) is 17.9 Å². The van der Waals surface area contributed by atoms with E-state index < -0.39 is 0 Å². The lowest BCUT2D eigenvalue weighted by Gasteiger charge is -2.15. The van der Waals surface area contributed by atoms with Crippen LogP contribution in [-0.2, 0) is 6.54 Å². The fraction of sp³-hybridized carbons (Fsp3) is 0.692. The van der Waals surface area contributed by atoms with E-state index in [0.29, 0.717) is 24.7 Å². The second kappa shape index (κ2) is 5.10. The molecule has 0 spiro atoms. The molecule has 1 aliphatic rings. The number of aromatic nitrogens is 2. The maximum Gasteiger partial charge on any atom is 0.272 e. The van der Waals surface area contributed by atoms with Crippen molar-refractivity contribution in [3.8, 4) is 0 Å². The van der Waals surface area contributed by atoms with Crippen LogP contribution < -0.4 is 5.73 Å². The second-order valence-corrected chi connectivity index (χ2v) is 5.22. The van der Waals surface area contributed by atoms with Crippen molar-refractivity contribution < 1.29 is 4.79 Å². The summed E-state index contributed by atoms with van der Waals surface area (Å²) in [6.07, 6.45) is 0.892. The topological polar surface area (TPSA) is 64.2 Å². The molecule has 1 aliphatic heterocycles. The molecule has 5 nitrogen and oxygen atoms in total. The van der Waals surface area contributed by atoms with Crippen molar-refractivity contribution in [2.45, 2.75) is 45.7 Å². The standard InChI is InChI=1S/C13H22N4O/c1-4-17-12(7-11(15-17)9(2)3)13(18)16-6-5-10(14)8-16/h7,9-10H,4-6,8,14H2,1-3H3. The Hall–Kier alpha value is -1.36. The molecule has 0 bridgehead atoms. The molecule has 1 amide bonds. The summed E-state index contributed by atoms with van der Waals surface area (Å²) in [6, 6.07) is 2.04. The Morgan fingerprint density at radius 2 is 2.33 bits per heavy atom. The average Bonchev–Trinajstić information content (AvgIpc) is 2.93. The molecule has 2 rings (SSSR count). The SMILES string of the molecule is CCn1nc(C(C)C)cc1C(=O)N1CCC(N)C1. The Morgan fingerprint density at radius 1 is 1.61 bits per heavy atom. The summed E-state index contributed by atoms with van der Waals surface area (Å²) in [5, 5.41) is 4.48. The third-order valence-corrected chi connectivity index (χ3v) is 3.42. The molecule has 0 radical (unpaired) electrons. The molecule has 2 N–H and O–H groups in total. The summed E-state index contributed by atoms with van der Waals surface area (Å²) in [6.45, 7) is 8.30. The lowest BCUT2D eigenvalue weighted by molar-refractivity contribution is 0.0778. The molecule has 1 aromatic rings. The number of aryl methyl sites for hydroxylation is 1. The Labute approximate surface area is 108 Å². The minimum absolute atomic E-state index is 0.0594. The first-order valence-corrected chi connectivity index (χ1v) is 6.65. The molecule has 18 heavy (non-hydrogen) atoms. The molecule has 2 heterocycles. The first-order valence-electron chi connectivity index (χ1n) is 6.65. The highest BCUT2D eigenvalue weighted by Gasteiger charge is 2.27. The van der Waals surface area contributed by atoms with E-state index in [1.54, 1.807) is 4.68 Å². The molecule has 1 atom stereocenters. The summed E-state index contributed by atoms with van der Waals surface area (Å²) < 4.78 is 1.79. The number of carbonyl (C=O) groups excluding carboxylic acids is 1. The van der Waals surface area contributed by atoms with Gasteiger partial charge in [0.1, 0.15) is 5.69 Å².